The van der Waals surface area contributed by atoms with E-state index in [0.29, 0.717) is 6.42 Å². The largest absolute Gasteiger partial charge is 0.341 e. The van der Waals surface area contributed by atoms with E-state index >= 15 is 0 Å². The maximum atomic E-state index is 12.9. The zero-order valence-corrected chi connectivity index (χ0v) is 13.9. The molecule has 2 unspecified atom stereocenters. The van der Waals surface area contributed by atoms with Crippen LogP contribution in [0.1, 0.15) is 42.7 Å². The number of nitrogens with one attached hydrogen (secondary N) is 1. The smallest absolute Gasteiger partial charge is 0.240 e. The molecule has 2 aliphatic heterocycles. The highest BCUT2D eigenvalue weighted by Crippen LogP contribution is 2.34. The van der Waals surface area contributed by atoms with E-state index in [1.807, 2.05) is 17.0 Å². The molecule has 4 rings (SSSR count). The van der Waals surface area contributed by atoms with Crippen LogP contribution in [0.4, 0.5) is 0 Å². The van der Waals surface area contributed by atoms with Crippen LogP contribution in [0.3, 0.4) is 0 Å². The summed E-state index contributed by atoms with van der Waals surface area (Å²) in [4.78, 5) is 27.5. The van der Waals surface area contributed by atoms with Gasteiger partial charge in [-0.15, -0.1) is 0 Å². The maximum Gasteiger partial charge on any atom is 0.240 e. The van der Waals surface area contributed by atoms with Crippen molar-refractivity contribution in [2.75, 3.05) is 19.6 Å². The number of likely N-dealkylation sites (tertiary alicyclic amines) is 1. The number of hydrogen-bond donors (Lipinski definition) is 1. The molecule has 24 heavy (non-hydrogen) atoms. The van der Waals surface area contributed by atoms with Gasteiger partial charge in [0.25, 0.3) is 0 Å². The number of rotatable bonds is 4. The van der Waals surface area contributed by atoms with Crippen LogP contribution < -0.4 is 5.32 Å². The predicted molar refractivity (Wildman–Crippen MR) is 93.6 cm³/mol. The fourth-order valence-electron chi connectivity index (χ4n) is 4.31. The lowest BCUT2D eigenvalue weighted by molar-refractivity contribution is -0.136. The third-order valence-corrected chi connectivity index (χ3v) is 5.64. The average molecular weight is 324 g/mol. The minimum atomic E-state index is -0.309. The van der Waals surface area contributed by atoms with Crippen molar-refractivity contribution >= 4 is 17.8 Å². The number of benzene rings is 1. The van der Waals surface area contributed by atoms with E-state index in [1.54, 1.807) is 0 Å². The summed E-state index contributed by atoms with van der Waals surface area (Å²) in [6.45, 7) is 2.45. The molecule has 1 aromatic carbocycles. The van der Waals surface area contributed by atoms with E-state index in [1.165, 1.54) is 11.1 Å². The summed E-state index contributed by atoms with van der Waals surface area (Å²) in [5, 5.41) is 3.28. The molecule has 3 atom stereocenters. The first-order valence-corrected chi connectivity index (χ1v) is 9.06. The van der Waals surface area contributed by atoms with Gasteiger partial charge in [0.05, 0.1) is 6.04 Å². The van der Waals surface area contributed by atoms with Gasteiger partial charge in [-0.25, -0.2) is 0 Å². The van der Waals surface area contributed by atoms with Crippen molar-refractivity contribution in [3.63, 3.8) is 0 Å². The second-order valence-corrected chi connectivity index (χ2v) is 7.12. The molecule has 1 N–H and O–H groups in total. The van der Waals surface area contributed by atoms with Crippen molar-refractivity contribution in [3.05, 3.63) is 41.5 Å². The highest BCUT2D eigenvalue weighted by molar-refractivity contribution is 5.92. The van der Waals surface area contributed by atoms with Gasteiger partial charge in [0.1, 0.15) is 5.78 Å². The number of nitrogens with zero attached hydrogens (tertiary/aromatic N) is 1. The third kappa shape index (κ3) is 2.80. The van der Waals surface area contributed by atoms with Crippen molar-refractivity contribution in [2.45, 2.75) is 37.6 Å². The SMILES string of the molecule is O=C(CC1C=Cc2ccccc21)C1CCN[C@H]1C(=O)N1CCCC1. The molecular weight excluding hydrogens is 300 g/mol. The Morgan fingerprint density at radius 2 is 1.96 bits per heavy atom. The molecule has 0 bridgehead atoms. The first-order chi connectivity index (χ1) is 11.7. The standard InChI is InChI=1S/C20H24N2O2/c23-18(13-15-8-7-14-5-1-2-6-16(14)15)17-9-10-21-19(17)20(24)22-11-3-4-12-22/h1-2,5-8,15,17,19,21H,3-4,9-13H2/t15?,17?,19-/m1/s1. The Hall–Kier alpha value is -1.94. The van der Waals surface area contributed by atoms with Gasteiger partial charge in [-0.2, -0.15) is 0 Å². The van der Waals surface area contributed by atoms with E-state index in [9.17, 15) is 9.59 Å². The Bertz CT molecular complexity index is 676. The second kappa shape index (κ2) is 6.52. The Labute approximate surface area is 142 Å². The summed E-state index contributed by atoms with van der Waals surface area (Å²) in [5.74, 6) is 0.353. The van der Waals surface area contributed by atoms with Crippen LogP contribution in [0.2, 0.25) is 0 Å². The first-order valence-electron chi connectivity index (χ1n) is 9.06. The highest BCUT2D eigenvalue weighted by atomic mass is 16.2. The predicted octanol–water partition coefficient (Wildman–Crippen LogP) is 2.36. The molecule has 4 nitrogen and oxygen atoms in total. The number of Topliss-reactive ketones (excluding diaryl/α,β-unsaturated/α-hetero) is 1. The summed E-state index contributed by atoms with van der Waals surface area (Å²) in [5.41, 5.74) is 2.45. The van der Waals surface area contributed by atoms with Crippen LogP contribution >= 0.6 is 0 Å². The molecule has 2 saturated heterocycles. The Balaban J connectivity index is 1.44. The molecule has 2 heterocycles. The second-order valence-electron chi connectivity index (χ2n) is 7.12. The third-order valence-electron chi connectivity index (χ3n) is 5.64. The van der Waals surface area contributed by atoms with Gasteiger partial charge in [-0.3, -0.25) is 9.59 Å². The van der Waals surface area contributed by atoms with Gasteiger partial charge in [-0.05, 0) is 36.9 Å². The maximum absolute atomic E-state index is 12.9. The monoisotopic (exact) mass is 324 g/mol. The van der Waals surface area contributed by atoms with E-state index in [2.05, 4.69) is 29.6 Å². The molecular formula is C20H24N2O2. The minimum absolute atomic E-state index is 0.130. The molecule has 0 spiro atoms. The summed E-state index contributed by atoms with van der Waals surface area (Å²) >= 11 is 0. The number of hydrogen-bond acceptors (Lipinski definition) is 3. The van der Waals surface area contributed by atoms with Crippen LogP contribution in [-0.2, 0) is 9.59 Å². The van der Waals surface area contributed by atoms with E-state index in [0.717, 1.165) is 38.9 Å². The lowest BCUT2D eigenvalue weighted by Crippen LogP contribution is -2.47. The summed E-state index contributed by atoms with van der Waals surface area (Å²) in [7, 11) is 0. The zero-order valence-electron chi connectivity index (χ0n) is 13.9. The highest BCUT2D eigenvalue weighted by Gasteiger charge is 2.40. The molecule has 0 radical (unpaired) electrons. The van der Waals surface area contributed by atoms with Crippen molar-refractivity contribution in [1.29, 1.82) is 0 Å². The summed E-state index contributed by atoms with van der Waals surface area (Å²) < 4.78 is 0. The van der Waals surface area contributed by atoms with Crippen LogP contribution in [0.15, 0.2) is 30.3 Å². The number of allylic oxidation sites excluding steroid dienone is 1. The zero-order chi connectivity index (χ0) is 16.5. The summed E-state index contributed by atoms with van der Waals surface area (Å²) in [6, 6.07) is 7.94. The van der Waals surface area contributed by atoms with Crippen LogP contribution in [0.25, 0.3) is 6.08 Å². The lowest BCUT2D eigenvalue weighted by Gasteiger charge is -2.24. The molecule has 1 aromatic rings. The van der Waals surface area contributed by atoms with Crippen LogP contribution in [-0.4, -0.2) is 42.3 Å². The molecule has 0 aromatic heterocycles. The quantitative estimate of drug-likeness (QED) is 0.925. The molecule has 3 aliphatic rings. The molecule has 126 valence electrons. The molecule has 1 aliphatic carbocycles. The van der Waals surface area contributed by atoms with Crippen LogP contribution in [0, 0.1) is 5.92 Å². The van der Waals surface area contributed by atoms with Gasteiger partial charge in [0.15, 0.2) is 0 Å². The molecule has 4 heteroatoms. The summed E-state index contributed by atoms with van der Waals surface area (Å²) in [6.07, 6.45) is 7.68. The van der Waals surface area contributed by atoms with E-state index in [-0.39, 0.29) is 29.6 Å². The fourth-order valence-corrected chi connectivity index (χ4v) is 4.31. The van der Waals surface area contributed by atoms with Gasteiger partial charge < -0.3 is 10.2 Å². The van der Waals surface area contributed by atoms with Gasteiger partial charge in [-0.1, -0.05) is 36.4 Å². The van der Waals surface area contributed by atoms with E-state index < -0.39 is 0 Å². The number of ketones is 1. The van der Waals surface area contributed by atoms with Gasteiger partial charge in [0, 0.05) is 31.3 Å². The van der Waals surface area contributed by atoms with Gasteiger partial charge >= 0.3 is 0 Å². The number of fused-ring (bicyclic) bond motifs is 1. The normalized spacial score (nSPS) is 28.3. The average Bonchev–Trinajstić information content (AvgIpc) is 3.35. The number of carbonyl (C=O) groups is 2. The van der Waals surface area contributed by atoms with Crippen molar-refractivity contribution < 1.29 is 9.59 Å². The topological polar surface area (TPSA) is 49.4 Å². The van der Waals surface area contributed by atoms with Crippen molar-refractivity contribution in [3.8, 4) is 0 Å². The van der Waals surface area contributed by atoms with Crippen molar-refractivity contribution in [1.82, 2.24) is 10.2 Å². The molecule has 2 fully saturated rings. The lowest BCUT2D eigenvalue weighted by atomic mass is 9.87. The number of carbonyl (C=O) groups excluding carboxylic acids is 2. The Kier molecular flexibility index (Phi) is 4.23. The van der Waals surface area contributed by atoms with Crippen molar-refractivity contribution in [2.24, 2.45) is 5.92 Å². The fraction of sp³-hybridized carbons (Fsp3) is 0.500. The first kappa shape index (κ1) is 15.6. The van der Waals surface area contributed by atoms with E-state index in [4.69, 9.17) is 0 Å². The molecule has 0 saturated carbocycles. The number of amides is 1. The van der Waals surface area contributed by atoms with Crippen LogP contribution in [0.5, 0.6) is 0 Å². The van der Waals surface area contributed by atoms with Gasteiger partial charge in [0.2, 0.25) is 5.91 Å². The molecule has 1 amide bonds. The minimum Gasteiger partial charge on any atom is -0.341 e. The Morgan fingerprint density at radius 3 is 2.79 bits per heavy atom. The Morgan fingerprint density at radius 1 is 1.17 bits per heavy atom.